The Labute approximate surface area is 877 Å². The minimum absolute atomic E-state index is 0.344. The standard InChI is InChI=1S/C38H56.C30H40.C28H36.2C24H28/c1-7-11-13-29(9-3)21-31-23-37-25-32(22-30(10-4)14-12-8-2)26-38(37,24-31)36-20-28(6)16-18-34(36)33-17-15-27(5)19-35(33)37;1-5-7-9-23-17-29-19-24(10-8-6-2)20-30(29,18-23)28-16-22(4)12-14-26(28)25-13-11-21(3)15-27(25)29;1-17(2)21-13-27-15-22(18(3)4)16-28(27,14-21)26-12-20(6)8-10-24(26)23-9-7-19(5)11-25(23)27;2*1-15-5-7-19-20-8-6-16(2)10-22(20)24-13-17(3)11-23(24,21(19)9-15)12-18(4)14-24/h15-20,29-32H,7-14,21-26H2,1-6H3;11-16,23-24H,5-10,17-20H2,1-4H3;7-12,17-18,21-22H,13-16H2,1-6H3;2*5-10,17-18H,11-14H2,1-4H3. The second-order valence-electron chi connectivity index (χ2n) is 54.9. The molecule has 0 N–H and O–H groups in total. The van der Waals surface area contributed by atoms with E-state index < -0.39 is 0 Å². The minimum Gasteiger partial charge on any atom is -0.0654 e. The van der Waals surface area contributed by atoms with Crippen LogP contribution in [0.25, 0.3) is 55.6 Å². The molecular formula is C144H188. The molecule has 0 bridgehead atoms. The van der Waals surface area contributed by atoms with E-state index in [-0.39, 0.29) is 0 Å². The number of fused-ring (bicyclic) bond motifs is 15. The zero-order chi connectivity index (χ0) is 101. The molecule has 0 aromatic heterocycles. The highest BCUT2D eigenvalue weighted by molar-refractivity contribution is 5.85. The van der Waals surface area contributed by atoms with E-state index >= 15 is 0 Å². The maximum absolute atomic E-state index is 2.64. The average Bonchev–Trinajstić information content (AvgIpc) is 1.52. The van der Waals surface area contributed by atoms with E-state index in [2.05, 4.69) is 348 Å². The molecule has 764 valence electrons. The van der Waals surface area contributed by atoms with E-state index in [1.807, 2.05) is 0 Å². The maximum Gasteiger partial charge on any atom is 0.00619 e. The molecule has 10 fully saturated rings. The van der Waals surface area contributed by atoms with Crippen LogP contribution in [0.5, 0.6) is 0 Å². The molecule has 0 heteroatoms. The highest BCUT2D eigenvalue weighted by Gasteiger charge is 2.72. The summed E-state index contributed by atoms with van der Waals surface area (Å²) in [6, 6.07) is 73.4. The Balaban J connectivity index is 0.000000107. The van der Waals surface area contributed by atoms with Crippen molar-refractivity contribution < 1.29 is 0 Å². The molecule has 144 heavy (non-hydrogen) atoms. The van der Waals surface area contributed by atoms with Gasteiger partial charge in [0.15, 0.2) is 0 Å². The summed E-state index contributed by atoms with van der Waals surface area (Å²) in [5.74, 6) is 11.9. The number of hydrogen-bond donors (Lipinski definition) is 0. The molecule has 0 saturated heterocycles. The van der Waals surface area contributed by atoms with Crippen molar-refractivity contribution in [1.82, 2.24) is 0 Å². The molecule has 0 aliphatic heterocycles. The van der Waals surface area contributed by atoms with E-state index in [0.717, 1.165) is 82.9 Å². The molecule has 0 amide bonds. The molecule has 10 aromatic carbocycles. The maximum atomic E-state index is 2.64. The zero-order valence-corrected chi connectivity index (χ0v) is 94.9. The van der Waals surface area contributed by atoms with Gasteiger partial charge in [0.1, 0.15) is 0 Å². The Kier molecular flexibility index (Phi) is 27.6. The topological polar surface area (TPSA) is 0 Å². The summed E-state index contributed by atoms with van der Waals surface area (Å²) < 4.78 is 0. The van der Waals surface area contributed by atoms with Crippen molar-refractivity contribution in [1.29, 1.82) is 0 Å². The van der Waals surface area contributed by atoms with Crippen LogP contribution in [0.2, 0.25) is 0 Å². The highest BCUT2D eigenvalue weighted by atomic mass is 14.8. The van der Waals surface area contributed by atoms with Gasteiger partial charge in [-0.1, -0.05) is 424 Å². The van der Waals surface area contributed by atoms with Crippen LogP contribution in [0.1, 0.15) is 439 Å². The van der Waals surface area contributed by atoms with Crippen molar-refractivity contribution in [3.8, 4) is 55.6 Å². The fourth-order valence-corrected chi connectivity index (χ4v) is 39.2. The van der Waals surface area contributed by atoms with Crippen molar-refractivity contribution in [2.45, 2.75) is 451 Å². The quantitative estimate of drug-likeness (QED) is 0.0713. The van der Waals surface area contributed by atoms with Gasteiger partial charge in [-0.25, -0.2) is 0 Å². The van der Waals surface area contributed by atoms with Crippen LogP contribution in [0.4, 0.5) is 0 Å². The van der Waals surface area contributed by atoms with Gasteiger partial charge in [0.25, 0.3) is 0 Å². The molecule has 0 radical (unpaired) electrons. The van der Waals surface area contributed by atoms with Crippen LogP contribution in [-0.4, -0.2) is 0 Å². The van der Waals surface area contributed by atoms with Gasteiger partial charge < -0.3 is 0 Å². The molecular weight excluding hydrogens is 1730 g/mol. The molecule has 15 aliphatic carbocycles. The number of unbranched alkanes of at least 4 members (excludes halogenated alkanes) is 4. The average molecular weight is 1920 g/mol. The molecule has 15 aliphatic rings. The number of hydrogen-bond acceptors (Lipinski definition) is 0. The number of benzene rings is 10. The van der Waals surface area contributed by atoms with Crippen molar-refractivity contribution in [2.24, 2.45) is 82.9 Å². The molecule has 10 aromatic rings. The van der Waals surface area contributed by atoms with Crippen LogP contribution >= 0.6 is 0 Å². The number of aryl methyl sites for hydroxylation is 10. The van der Waals surface area contributed by atoms with E-state index in [1.54, 1.807) is 77.9 Å². The summed E-state index contributed by atoms with van der Waals surface area (Å²) in [6.07, 6.45) is 50.3. The Morgan fingerprint density at radius 1 is 0.208 bits per heavy atom. The van der Waals surface area contributed by atoms with Gasteiger partial charge in [-0.05, 0) is 405 Å². The summed E-state index contributed by atoms with van der Waals surface area (Å²) in [6.45, 7) is 57.0. The van der Waals surface area contributed by atoms with E-state index in [0.29, 0.717) is 54.1 Å². The molecule has 0 heterocycles. The first kappa shape index (κ1) is 102. The molecule has 0 spiro atoms. The summed E-state index contributed by atoms with van der Waals surface area (Å²) in [7, 11) is 0. The summed E-state index contributed by atoms with van der Waals surface area (Å²) in [5, 5.41) is 0. The Hall–Kier alpha value is -7.80. The molecule has 10 saturated carbocycles. The third-order valence-electron chi connectivity index (χ3n) is 44.3. The lowest BCUT2D eigenvalue weighted by atomic mass is 9.55. The second kappa shape index (κ2) is 38.9. The second-order valence-corrected chi connectivity index (χ2v) is 54.9. The first-order chi connectivity index (χ1) is 69.1. The highest BCUT2D eigenvalue weighted by Crippen LogP contribution is 2.79. The lowest BCUT2D eigenvalue weighted by Crippen LogP contribution is -2.43. The Morgan fingerprint density at radius 3 is 0.528 bits per heavy atom. The van der Waals surface area contributed by atoms with Crippen molar-refractivity contribution >= 4 is 0 Å². The van der Waals surface area contributed by atoms with Gasteiger partial charge in [0.05, 0.1) is 0 Å². The first-order valence-electron chi connectivity index (χ1n) is 60.2. The summed E-state index contributed by atoms with van der Waals surface area (Å²) in [4.78, 5) is 0. The van der Waals surface area contributed by atoms with Crippen LogP contribution in [0.15, 0.2) is 182 Å². The van der Waals surface area contributed by atoms with Gasteiger partial charge in [-0.15, -0.1) is 0 Å². The van der Waals surface area contributed by atoms with Crippen molar-refractivity contribution in [3.05, 3.63) is 293 Å². The fourth-order valence-electron chi connectivity index (χ4n) is 39.2. The SMILES string of the molecule is CCCCC(CC)CC1CC23CC(CC(CC)CCCC)CC2(C1)c1cc(C)ccc1-c1ccc(C)cc13.CCCCC1CC23CC(CCCC)CC2(C1)c1cc(C)ccc1-c1ccc(C)cc13.Cc1ccc2c(c1)C13CC(C(C)C)CC1(CC(C(C)C)C3)c1cc(C)ccc1-2.Cc1ccc2c(c1)C13CC(C)CC1(CC(C)C3)c1cc(C)ccc1-2.Cc1ccc2c(c1)C13CC(C)CC1(CC(C)C3)c1cc(C)ccc1-2. The molecule has 2 unspecified atom stereocenters. The first-order valence-corrected chi connectivity index (χ1v) is 60.2. The van der Waals surface area contributed by atoms with E-state index in [4.69, 9.17) is 0 Å². The van der Waals surface area contributed by atoms with Gasteiger partial charge >= 0.3 is 0 Å². The summed E-state index contributed by atoms with van der Waals surface area (Å²) >= 11 is 0. The fraction of sp³-hybridized carbons (Fsp3) is 0.583. The Morgan fingerprint density at radius 2 is 0.368 bits per heavy atom. The van der Waals surface area contributed by atoms with Crippen molar-refractivity contribution in [3.63, 3.8) is 0 Å². The Bertz CT molecular complexity index is 5830. The molecule has 25 rings (SSSR count). The number of rotatable bonds is 20. The minimum atomic E-state index is 0.344. The van der Waals surface area contributed by atoms with Crippen LogP contribution in [0.3, 0.4) is 0 Å². The van der Waals surface area contributed by atoms with Crippen LogP contribution < -0.4 is 0 Å². The third kappa shape index (κ3) is 16.2. The third-order valence-corrected chi connectivity index (χ3v) is 44.3. The molecule has 2 atom stereocenters. The van der Waals surface area contributed by atoms with Gasteiger partial charge in [0.2, 0.25) is 0 Å². The van der Waals surface area contributed by atoms with E-state index in [1.165, 1.54) is 320 Å². The smallest absolute Gasteiger partial charge is 0.00619 e. The monoisotopic (exact) mass is 1920 g/mol. The predicted molar refractivity (Wildman–Crippen MR) is 618 cm³/mol. The summed E-state index contributed by atoms with van der Waals surface area (Å²) in [5.41, 5.74) is 50.4. The molecule has 0 nitrogen and oxygen atoms in total. The van der Waals surface area contributed by atoms with Crippen LogP contribution in [-0.2, 0) is 54.1 Å². The van der Waals surface area contributed by atoms with Crippen LogP contribution in [0, 0.1) is 152 Å². The largest absolute Gasteiger partial charge is 0.0654 e. The lowest BCUT2D eigenvalue weighted by molar-refractivity contribution is 0.286. The van der Waals surface area contributed by atoms with E-state index in [9.17, 15) is 0 Å². The lowest BCUT2D eigenvalue weighted by Gasteiger charge is -2.48. The van der Waals surface area contributed by atoms with Gasteiger partial charge in [-0.2, -0.15) is 0 Å². The van der Waals surface area contributed by atoms with Crippen molar-refractivity contribution in [2.75, 3.05) is 0 Å². The zero-order valence-electron chi connectivity index (χ0n) is 94.9. The normalized spacial score (nSPS) is 32.5. The van der Waals surface area contributed by atoms with Gasteiger partial charge in [0, 0.05) is 54.1 Å². The van der Waals surface area contributed by atoms with Gasteiger partial charge in [-0.3, -0.25) is 0 Å². The predicted octanol–water partition coefficient (Wildman–Crippen LogP) is 40.4.